The first-order valence-corrected chi connectivity index (χ1v) is 9.75. The molecule has 6 nitrogen and oxygen atoms in total. The number of ether oxygens (including phenoxy) is 1. The van der Waals surface area contributed by atoms with Gasteiger partial charge in [-0.3, -0.25) is 14.4 Å². The first-order valence-electron chi connectivity index (χ1n) is 9.75. The highest BCUT2D eigenvalue weighted by Gasteiger charge is 2.25. The third kappa shape index (κ3) is 4.69. The topological polar surface area (TPSA) is 50.6 Å². The second-order valence-electron chi connectivity index (χ2n) is 7.38. The van der Waals surface area contributed by atoms with Crippen molar-refractivity contribution in [2.75, 3.05) is 32.8 Å². The van der Waals surface area contributed by atoms with Crippen molar-refractivity contribution < 1.29 is 9.53 Å². The number of carbonyl (C=O) groups excluding carboxylic acids is 1. The van der Waals surface area contributed by atoms with Crippen LogP contribution in [-0.2, 0) is 13.6 Å². The molecule has 0 bridgehead atoms. The number of benzene rings is 1. The molecule has 0 unspecified atom stereocenters. The van der Waals surface area contributed by atoms with Crippen LogP contribution >= 0.6 is 0 Å². The molecule has 1 aromatic carbocycles. The minimum atomic E-state index is 0.0811. The molecule has 0 saturated carbocycles. The second-order valence-corrected chi connectivity index (χ2v) is 7.38. The van der Waals surface area contributed by atoms with Crippen molar-refractivity contribution in [3.05, 3.63) is 47.3 Å². The molecule has 1 saturated heterocycles. The van der Waals surface area contributed by atoms with Crippen LogP contribution in [-0.4, -0.2) is 58.3 Å². The first kappa shape index (κ1) is 19.4. The molecular formula is C21H30N4O2. The quantitative estimate of drug-likeness (QED) is 0.785. The van der Waals surface area contributed by atoms with Gasteiger partial charge in [-0.25, -0.2) is 0 Å². The summed E-state index contributed by atoms with van der Waals surface area (Å²) in [5.41, 5.74) is 2.92. The van der Waals surface area contributed by atoms with Crippen molar-refractivity contribution in [3.63, 3.8) is 0 Å². The Morgan fingerprint density at radius 1 is 1.15 bits per heavy atom. The maximum Gasteiger partial charge on any atom is 0.272 e. The van der Waals surface area contributed by atoms with Gasteiger partial charge in [-0.2, -0.15) is 5.10 Å². The van der Waals surface area contributed by atoms with E-state index < -0.39 is 0 Å². The fourth-order valence-electron chi connectivity index (χ4n) is 3.36. The highest BCUT2D eigenvalue weighted by Crippen LogP contribution is 2.17. The Balaban J connectivity index is 1.54. The molecule has 2 heterocycles. The molecule has 1 fully saturated rings. The summed E-state index contributed by atoms with van der Waals surface area (Å²) in [5, 5.41) is 4.47. The molecule has 0 atom stereocenters. The molecule has 2 aromatic rings. The fraction of sp³-hybridized carbons (Fsp3) is 0.524. The monoisotopic (exact) mass is 370 g/mol. The van der Waals surface area contributed by atoms with E-state index in [1.807, 2.05) is 37.1 Å². The minimum absolute atomic E-state index is 0.0811. The molecule has 0 spiro atoms. The van der Waals surface area contributed by atoms with E-state index in [0.29, 0.717) is 18.2 Å². The van der Waals surface area contributed by atoms with Gasteiger partial charge in [-0.15, -0.1) is 0 Å². The van der Waals surface area contributed by atoms with Gasteiger partial charge in [-0.05, 0) is 36.6 Å². The lowest BCUT2D eigenvalue weighted by molar-refractivity contribution is 0.0617. The van der Waals surface area contributed by atoms with Crippen LogP contribution < -0.4 is 4.74 Å². The Hall–Kier alpha value is -2.34. The third-order valence-electron chi connectivity index (χ3n) is 5.01. The molecular weight excluding hydrogens is 340 g/mol. The summed E-state index contributed by atoms with van der Waals surface area (Å²) < 4.78 is 7.21. The van der Waals surface area contributed by atoms with Crippen molar-refractivity contribution in [2.24, 2.45) is 7.05 Å². The van der Waals surface area contributed by atoms with Crippen LogP contribution in [0.5, 0.6) is 5.75 Å². The van der Waals surface area contributed by atoms with E-state index in [1.54, 1.807) is 4.68 Å². The molecule has 0 N–H and O–H groups in total. The number of piperazine rings is 1. The molecule has 1 amide bonds. The van der Waals surface area contributed by atoms with Crippen LogP contribution in [0.3, 0.4) is 0 Å². The summed E-state index contributed by atoms with van der Waals surface area (Å²) in [4.78, 5) is 17.2. The van der Waals surface area contributed by atoms with Gasteiger partial charge in [0.2, 0.25) is 0 Å². The Morgan fingerprint density at radius 3 is 2.37 bits per heavy atom. The van der Waals surface area contributed by atoms with Crippen molar-refractivity contribution in [1.29, 1.82) is 0 Å². The smallest absolute Gasteiger partial charge is 0.272 e. The van der Waals surface area contributed by atoms with E-state index in [0.717, 1.165) is 44.2 Å². The van der Waals surface area contributed by atoms with Crippen LogP contribution in [0.2, 0.25) is 0 Å². The summed E-state index contributed by atoms with van der Waals surface area (Å²) >= 11 is 0. The third-order valence-corrected chi connectivity index (χ3v) is 5.01. The van der Waals surface area contributed by atoms with Gasteiger partial charge < -0.3 is 9.64 Å². The Labute approximate surface area is 161 Å². The zero-order chi connectivity index (χ0) is 19.4. The van der Waals surface area contributed by atoms with Crippen LogP contribution in [0, 0.1) is 0 Å². The van der Waals surface area contributed by atoms with Crippen LogP contribution in [0.15, 0.2) is 30.3 Å². The average Bonchev–Trinajstić information content (AvgIpc) is 3.06. The molecule has 1 aliphatic rings. The summed E-state index contributed by atoms with van der Waals surface area (Å²) in [5.74, 6) is 1.31. The number of aryl methyl sites for hydroxylation is 1. The maximum atomic E-state index is 12.9. The van der Waals surface area contributed by atoms with Crippen molar-refractivity contribution in [3.8, 4) is 5.75 Å². The number of hydrogen-bond acceptors (Lipinski definition) is 4. The van der Waals surface area contributed by atoms with E-state index in [1.165, 1.54) is 5.56 Å². The van der Waals surface area contributed by atoms with Gasteiger partial charge in [0, 0.05) is 39.8 Å². The van der Waals surface area contributed by atoms with Gasteiger partial charge in [0.05, 0.1) is 12.3 Å². The highest BCUT2D eigenvalue weighted by atomic mass is 16.5. The standard InChI is InChI=1S/C21H30N4O2/c1-5-27-18-8-6-17(7-9-18)15-24-10-12-25(13-11-24)21(26)20-14-19(16(2)3)22-23(20)4/h6-9,14,16H,5,10-13,15H2,1-4H3. The molecule has 1 aromatic heterocycles. The van der Waals surface area contributed by atoms with Crippen molar-refractivity contribution in [2.45, 2.75) is 33.2 Å². The van der Waals surface area contributed by atoms with E-state index in [4.69, 9.17) is 4.74 Å². The van der Waals surface area contributed by atoms with Crippen molar-refractivity contribution >= 4 is 5.91 Å². The molecule has 0 aliphatic carbocycles. The molecule has 146 valence electrons. The number of carbonyl (C=O) groups is 1. The zero-order valence-electron chi connectivity index (χ0n) is 16.8. The number of aromatic nitrogens is 2. The van der Waals surface area contributed by atoms with E-state index >= 15 is 0 Å². The molecule has 6 heteroatoms. The summed E-state index contributed by atoms with van der Waals surface area (Å²) in [6, 6.07) is 10.2. The first-order chi connectivity index (χ1) is 13.0. The molecule has 0 radical (unpaired) electrons. The molecule has 27 heavy (non-hydrogen) atoms. The van der Waals surface area contributed by atoms with Gasteiger partial charge >= 0.3 is 0 Å². The van der Waals surface area contributed by atoms with E-state index in [2.05, 4.69) is 36.0 Å². The fourth-order valence-corrected chi connectivity index (χ4v) is 3.36. The lowest BCUT2D eigenvalue weighted by Crippen LogP contribution is -2.48. The Morgan fingerprint density at radius 2 is 1.81 bits per heavy atom. The summed E-state index contributed by atoms with van der Waals surface area (Å²) in [6.07, 6.45) is 0. The SMILES string of the molecule is CCOc1ccc(CN2CCN(C(=O)c3cc(C(C)C)nn3C)CC2)cc1. The second kappa shape index (κ2) is 8.57. The Kier molecular flexibility index (Phi) is 6.16. The van der Waals surface area contributed by atoms with Gasteiger partial charge in [0.1, 0.15) is 11.4 Å². The lowest BCUT2D eigenvalue weighted by Gasteiger charge is -2.34. The van der Waals surface area contributed by atoms with Crippen LogP contribution in [0.25, 0.3) is 0 Å². The average molecular weight is 370 g/mol. The Bertz CT molecular complexity index is 759. The number of nitrogens with zero attached hydrogens (tertiary/aromatic N) is 4. The predicted molar refractivity (Wildman–Crippen MR) is 106 cm³/mol. The van der Waals surface area contributed by atoms with E-state index in [9.17, 15) is 4.79 Å². The van der Waals surface area contributed by atoms with Crippen LogP contribution in [0.1, 0.15) is 48.4 Å². The normalized spacial score (nSPS) is 15.4. The number of amides is 1. The van der Waals surface area contributed by atoms with E-state index in [-0.39, 0.29) is 5.91 Å². The highest BCUT2D eigenvalue weighted by molar-refractivity contribution is 5.92. The largest absolute Gasteiger partial charge is 0.494 e. The number of hydrogen-bond donors (Lipinski definition) is 0. The van der Waals surface area contributed by atoms with Gasteiger partial charge in [0.25, 0.3) is 5.91 Å². The maximum absolute atomic E-state index is 12.9. The van der Waals surface area contributed by atoms with Crippen molar-refractivity contribution in [1.82, 2.24) is 19.6 Å². The number of rotatable bonds is 6. The molecule has 3 rings (SSSR count). The minimum Gasteiger partial charge on any atom is -0.494 e. The summed E-state index contributed by atoms with van der Waals surface area (Å²) in [7, 11) is 1.85. The van der Waals surface area contributed by atoms with Gasteiger partial charge in [-0.1, -0.05) is 26.0 Å². The van der Waals surface area contributed by atoms with Gasteiger partial charge in [0.15, 0.2) is 0 Å². The summed E-state index contributed by atoms with van der Waals surface area (Å²) in [6.45, 7) is 11.0. The predicted octanol–water partition coefficient (Wildman–Crippen LogP) is 2.90. The van der Waals surface area contributed by atoms with Crippen LogP contribution in [0.4, 0.5) is 0 Å². The zero-order valence-corrected chi connectivity index (χ0v) is 16.8. The molecule has 1 aliphatic heterocycles. The lowest BCUT2D eigenvalue weighted by atomic mass is 10.1.